The number of Topliss-reactive ketones (excluding diaryl/α,β-unsaturated/α-hetero) is 1. The van der Waals surface area contributed by atoms with Gasteiger partial charge in [0.2, 0.25) is 0 Å². The van der Waals surface area contributed by atoms with Gasteiger partial charge in [-0.25, -0.2) is 4.79 Å². The second kappa shape index (κ2) is 6.63. The van der Waals surface area contributed by atoms with Crippen LogP contribution in [-0.2, 0) is 0 Å². The highest BCUT2D eigenvalue weighted by Crippen LogP contribution is 2.17. The fraction of sp³-hybridized carbons (Fsp3) is 0.385. The number of ketones is 1. The van der Waals surface area contributed by atoms with Crippen LogP contribution < -0.4 is 16.4 Å². The van der Waals surface area contributed by atoms with Gasteiger partial charge in [-0.05, 0) is 25.1 Å². The summed E-state index contributed by atoms with van der Waals surface area (Å²) in [4.78, 5) is 24.1. The molecule has 0 fully saturated rings. The summed E-state index contributed by atoms with van der Waals surface area (Å²) in [5.41, 5.74) is 7.48. The second-order valence-corrected chi connectivity index (χ2v) is 4.41. The van der Waals surface area contributed by atoms with E-state index in [1.807, 2.05) is 0 Å². The predicted octanol–water partition coefficient (Wildman–Crippen LogP) is 1.15. The van der Waals surface area contributed by atoms with Crippen LogP contribution in [0, 0.1) is 0 Å². The third-order valence-corrected chi connectivity index (χ3v) is 2.57. The van der Waals surface area contributed by atoms with Crippen molar-refractivity contribution in [2.45, 2.75) is 6.92 Å². The molecule has 6 nitrogen and oxygen atoms in total. The van der Waals surface area contributed by atoms with Crippen molar-refractivity contribution >= 4 is 23.2 Å². The molecule has 0 aromatic heterocycles. The van der Waals surface area contributed by atoms with Gasteiger partial charge in [-0.15, -0.1) is 0 Å². The first kappa shape index (κ1) is 14.8. The zero-order valence-corrected chi connectivity index (χ0v) is 11.5. The molecule has 1 rings (SSSR count). The molecular weight excluding hydrogens is 244 g/mol. The van der Waals surface area contributed by atoms with Crippen LogP contribution in [0.1, 0.15) is 17.3 Å². The fourth-order valence-electron chi connectivity index (χ4n) is 1.51. The van der Waals surface area contributed by atoms with Crippen molar-refractivity contribution in [3.05, 3.63) is 23.8 Å². The Morgan fingerprint density at radius 3 is 2.53 bits per heavy atom. The van der Waals surface area contributed by atoms with Gasteiger partial charge in [-0.2, -0.15) is 0 Å². The summed E-state index contributed by atoms with van der Waals surface area (Å²) < 4.78 is 0. The third kappa shape index (κ3) is 4.50. The van der Waals surface area contributed by atoms with E-state index in [0.29, 0.717) is 24.3 Å². The highest BCUT2D eigenvalue weighted by atomic mass is 16.2. The minimum Gasteiger partial charge on any atom is -0.398 e. The Labute approximate surface area is 113 Å². The molecule has 6 heteroatoms. The summed E-state index contributed by atoms with van der Waals surface area (Å²) in [6, 6.07) is 5.07. The van der Waals surface area contributed by atoms with Crippen molar-refractivity contribution in [3.8, 4) is 0 Å². The molecule has 19 heavy (non-hydrogen) atoms. The van der Waals surface area contributed by atoms with Gasteiger partial charge in [-0.1, -0.05) is 0 Å². The number of benzene rings is 1. The van der Waals surface area contributed by atoms with Crippen LogP contribution in [-0.4, -0.2) is 43.9 Å². The molecule has 0 spiro atoms. The van der Waals surface area contributed by atoms with Gasteiger partial charge in [0.25, 0.3) is 0 Å². The average Bonchev–Trinajstić information content (AvgIpc) is 2.35. The molecule has 0 unspecified atom stereocenters. The molecule has 1 aromatic rings. The number of anilines is 2. The maximum atomic E-state index is 11.3. The van der Waals surface area contributed by atoms with Crippen LogP contribution in [0.15, 0.2) is 18.2 Å². The number of nitrogens with two attached hydrogens (primary N) is 1. The normalized spacial score (nSPS) is 9.84. The van der Waals surface area contributed by atoms with Crippen molar-refractivity contribution in [1.29, 1.82) is 0 Å². The number of carbonyl (C=O) groups is 2. The summed E-state index contributed by atoms with van der Waals surface area (Å²) in [7, 11) is 3.36. The molecule has 0 aliphatic carbocycles. The zero-order valence-electron chi connectivity index (χ0n) is 11.5. The molecule has 0 radical (unpaired) electrons. The Hall–Kier alpha value is -2.24. The number of nitrogens with zero attached hydrogens (tertiary/aromatic N) is 1. The SMILES string of the molecule is CC(=O)c1cc(NCCNC(=O)N(C)C)ccc1N. The zero-order chi connectivity index (χ0) is 14.4. The van der Waals surface area contributed by atoms with Crippen molar-refractivity contribution in [1.82, 2.24) is 10.2 Å². The lowest BCUT2D eigenvalue weighted by atomic mass is 10.1. The Kier molecular flexibility index (Phi) is 5.17. The number of hydrogen-bond acceptors (Lipinski definition) is 4. The summed E-state index contributed by atoms with van der Waals surface area (Å²) in [5.74, 6) is -0.0675. The molecule has 4 N–H and O–H groups in total. The number of nitrogens with one attached hydrogen (secondary N) is 2. The molecule has 0 saturated carbocycles. The minimum atomic E-state index is -0.136. The van der Waals surface area contributed by atoms with Crippen LogP contribution in [0.25, 0.3) is 0 Å². The van der Waals surface area contributed by atoms with Crippen molar-refractivity contribution in [2.75, 3.05) is 38.2 Å². The molecular formula is C13H20N4O2. The standard InChI is InChI=1S/C13H20N4O2/c1-9(18)11-8-10(4-5-12(11)14)15-6-7-16-13(19)17(2)3/h4-5,8,15H,6-7,14H2,1-3H3,(H,16,19). The van der Waals surface area contributed by atoms with Crippen LogP contribution >= 0.6 is 0 Å². The van der Waals surface area contributed by atoms with Gasteiger partial charge in [0.15, 0.2) is 5.78 Å². The van der Waals surface area contributed by atoms with E-state index >= 15 is 0 Å². The second-order valence-electron chi connectivity index (χ2n) is 4.41. The minimum absolute atomic E-state index is 0.0675. The van der Waals surface area contributed by atoms with Crippen molar-refractivity contribution < 1.29 is 9.59 Å². The van der Waals surface area contributed by atoms with Gasteiger partial charge in [-0.3, -0.25) is 4.79 Å². The first-order valence-corrected chi connectivity index (χ1v) is 6.01. The van der Waals surface area contributed by atoms with E-state index in [2.05, 4.69) is 10.6 Å². The van der Waals surface area contributed by atoms with Gasteiger partial charge < -0.3 is 21.3 Å². The first-order valence-electron chi connectivity index (χ1n) is 6.01. The third-order valence-electron chi connectivity index (χ3n) is 2.57. The molecule has 104 valence electrons. The topological polar surface area (TPSA) is 87.5 Å². The Balaban J connectivity index is 2.48. The van der Waals surface area contributed by atoms with Gasteiger partial charge >= 0.3 is 6.03 Å². The average molecular weight is 264 g/mol. The van der Waals surface area contributed by atoms with Gasteiger partial charge in [0, 0.05) is 44.1 Å². The highest BCUT2D eigenvalue weighted by Gasteiger charge is 2.06. The van der Waals surface area contributed by atoms with E-state index in [1.165, 1.54) is 11.8 Å². The molecule has 0 bridgehead atoms. The van der Waals surface area contributed by atoms with E-state index in [-0.39, 0.29) is 11.8 Å². The summed E-state index contributed by atoms with van der Waals surface area (Å²) in [6.45, 7) is 2.55. The largest absolute Gasteiger partial charge is 0.398 e. The highest BCUT2D eigenvalue weighted by molar-refractivity contribution is 6.00. The lowest BCUT2D eigenvalue weighted by Crippen LogP contribution is -2.37. The number of carbonyl (C=O) groups excluding carboxylic acids is 2. The smallest absolute Gasteiger partial charge is 0.316 e. The lowest BCUT2D eigenvalue weighted by molar-refractivity contribution is 0.101. The van der Waals surface area contributed by atoms with Crippen molar-refractivity contribution in [3.63, 3.8) is 0 Å². The Morgan fingerprint density at radius 2 is 1.95 bits per heavy atom. The van der Waals surface area contributed by atoms with Gasteiger partial charge in [0.05, 0.1) is 0 Å². The van der Waals surface area contributed by atoms with Crippen LogP contribution in [0.3, 0.4) is 0 Å². The van der Waals surface area contributed by atoms with Crippen molar-refractivity contribution in [2.24, 2.45) is 0 Å². The fourth-order valence-corrected chi connectivity index (χ4v) is 1.51. The number of nitrogen functional groups attached to an aromatic ring is 1. The van der Waals surface area contributed by atoms with E-state index in [9.17, 15) is 9.59 Å². The summed E-state index contributed by atoms with van der Waals surface area (Å²) in [6.07, 6.45) is 0. The van der Waals surface area contributed by atoms with Crippen LogP contribution in [0.2, 0.25) is 0 Å². The molecule has 0 heterocycles. The lowest BCUT2D eigenvalue weighted by Gasteiger charge is -2.13. The van der Waals surface area contributed by atoms with Crippen LogP contribution in [0.4, 0.5) is 16.2 Å². The monoisotopic (exact) mass is 264 g/mol. The maximum Gasteiger partial charge on any atom is 0.316 e. The van der Waals surface area contributed by atoms with Crippen LogP contribution in [0.5, 0.6) is 0 Å². The van der Waals surface area contributed by atoms with E-state index in [4.69, 9.17) is 5.73 Å². The maximum absolute atomic E-state index is 11.3. The van der Waals surface area contributed by atoms with E-state index in [0.717, 1.165) is 5.69 Å². The summed E-state index contributed by atoms with van der Waals surface area (Å²) in [5, 5.41) is 5.85. The molecule has 1 aromatic carbocycles. The molecule has 0 aliphatic heterocycles. The predicted molar refractivity (Wildman–Crippen MR) is 76.4 cm³/mol. The number of urea groups is 1. The number of rotatable bonds is 5. The quantitative estimate of drug-likeness (QED) is 0.423. The molecule has 0 saturated heterocycles. The number of amides is 2. The Morgan fingerprint density at radius 1 is 1.26 bits per heavy atom. The molecule has 0 aliphatic rings. The summed E-state index contributed by atoms with van der Waals surface area (Å²) >= 11 is 0. The molecule has 2 amide bonds. The van der Waals surface area contributed by atoms with E-state index in [1.54, 1.807) is 32.3 Å². The first-order chi connectivity index (χ1) is 8.91. The van der Waals surface area contributed by atoms with Gasteiger partial charge in [0.1, 0.15) is 0 Å². The molecule has 0 atom stereocenters. The number of hydrogen-bond donors (Lipinski definition) is 3. The van der Waals surface area contributed by atoms with E-state index < -0.39 is 0 Å². The Bertz CT molecular complexity index is 472.